The first kappa shape index (κ1) is 25.4. The smallest absolute Gasteiger partial charge is 0.255 e. The van der Waals surface area contributed by atoms with Crippen molar-refractivity contribution in [2.24, 2.45) is 22.2 Å². The number of benzene rings is 1. The molecule has 0 saturated carbocycles. The first-order chi connectivity index (χ1) is 18.4. The average Bonchev–Trinajstić information content (AvgIpc) is 3.29. The molecule has 38 heavy (non-hydrogen) atoms. The van der Waals surface area contributed by atoms with Gasteiger partial charge in [-0.3, -0.25) is 14.9 Å². The summed E-state index contributed by atoms with van der Waals surface area (Å²) in [6, 6.07) is 7.57. The number of hydrazine groups is 1. The predicted octanol–water partition coefficient (Wildman–Crippen LogP) is 1.02. The third-order valence-corrected chi connectivity index (χ3v) is 7.31. The van der Waals surface area contributed by atoms with Crippen LogP contribution < -0.4 is 27.2 Å². The molecule has 13 heteroatoms. The van der Waals surface area contributed by atoms with Crippen molar-refractivity contribution in [3.8, 4) is 11.4 Å². The molecule has 2 saturated heterocycles. The standard InChI is InChI=1S/C23H28N12O.C2H6/c1-13-16(7-35(25)22(30-24)33(13)2)21(36)29-14-3-4-17-15(5-14)20(32-31-17)18-6-19(28-12-27-18)34-10-23(11-34)8-26-9-23;1-2/h3-6,12,26H,7-11,24-25H2,1-2H3,(H,29,36)(H,31,32);1-2H3/b30-22-;. The summed E-state index contributed by atoms with van der Waals surface area (Å²) < 4.78 is 0. The number of H-pyrrole nitrogens is 1. The number of rotatable bonds is 4. The van der Waals surface area contributed by atoms with Crippen LogP contribution in [0.15, 0.2) is 47.0 Å². The van der Waals surface area contributed by atoms with Gasteiger partial charge in [-0.1, -0.05) is 13.8 Å². The first-order valence-corrected chi connectivity index (χ1v) is 12.7. The minimum absolute atomic E-state index is 0.189. The van der Waals surface area contributed by atoms with E-state index < -0.39 is 0 Å². The Labute approximate surface area is 220 Å². The fourth-order valence-corrected chi connectivity index (χ4v) is 5.07. The summed E-state index contributed by atoms with van der Waals surface area (Å²) in [7, 11) is 1.76. The largest absolute Gasteiger partial charge is 0.355 e. The molecule has 1 amide bonds. The second-order valence-electron chi connectivity index (χ2n) is 9.69. The van der Waals surface area contributed by atoms with Crippen molar-refractivity contribution in [1.82, 2.24) is 35.4 Å². The summed E-state index contributed by atoms with van der Waals surface area (Å²) in [6.45, 7) is 10.2. The molecule has 0 unspecified atom stereocenters. The number of fused-ring (bicyclic) bond motifs is 1. The van der Waals surface area contributed by atoms with Gasteiger partial charge >= 0.3 is 0 Å². The number of carbonyl (C=O) groups excluding carboxylic acids is 1. The Balaban J connectivity index is 0.00000144. The van der Waals surface area contributed by atoms with E-state index in [2.05, 4.69) is 40.8 Å². The molecule has 2 aromatic heterocycles. The molecule has 200 valence electrons. The van der Waals surface area contributed by atoms with Crippen molar-refractivity contribution >= 4 is 34.3 Å². The summed E-state index contributed by atoms with van der Waals surface area (Å²) in [5.74, 6) is 12.5. The monoisotopic (exact) mass is 518 g/mol. The number of hydrogen-bond acceptors (Lipinski definition) is 9. The molecule has 3 aliphatic rings. The topological polar surface area (TPSA) is 170 Å². The van der Waals surface area contributed by atoms with Crippen molar-refractivity contribution in [1.29, 1.82) is 0 Å². The number of nitrogens with one attached hydrogen (secondary N) is 3. The van der Waals surface area contributed by atoms with E-state index in [4.69, 9.17) is 11.7 Å². The van der Waals surface area contributed by atoms with E-state index in [9.17, 15) is 4.79 Å². The van der Waals surface area contributed by atoms with E-state index >= 15 is 0 Å². The molecular formula is C25H34N12O. The zero-order chi connectivity index (χ0) is 27.0. The number of nitrogens with two attached hydrogens (primary N) is 2. The number of guanidine groups is 1. The van der Waals surface area contributed by atoms with Crippen LogP contribution in [0.4, 0.5) is 11.5 Å². The third kappa shape index (κ3) is 4.29. The molecule has 5 heterocycles. The molecule has 1 spiro atoms. The van der Waals surface area contributed by atoms with Gasteiger partial charge in [0.05, 0.1) is 23.3 Å². The van der Waals surface area contributed by atoms with Gasteiger partial charge in [-0.25, -0.2) is 15.8 Å². The van der Waals surface area contributed by atoms with Crippen LogP contribution in [0.5, 0.6) is 0 Å². The number of hydrazone groups is 1. The van der Waals surface area contributed by atoms with E-state index in [1.54, 1.807) is 18.3 Å². The minimum atomic E-state index is -0.253. The number of hydrogen-bond donors (Lipinski definition) is 5. The SMILES string of the molecule is CC.CC1=C(C(=O)Nc2ccc3[nH]nc(-c4cc(N5CC6(CNC6)C5)ncn4)c3c2)CN(N)/C(=N\N)N1C. The zero-order valence-corrected chi connectivity index (χ0v) is 22.1. The van der Waals surface area contributed by atoms with Gasteiger partial charge in [0.15, 0.2) is 0 Å². The highest BCUT2D eigenvalue weighted by Gasteiger charge is 2.48. The molecule has 2 fully saturated rings. The Hall–Kier alpha value is -4.23. The van der Waals surface area contributed by atoms with Crippen LogP contribution in [0.1, 0.15) is 20.8 Å². The lowest BCUT2D eigenvalue weighted by Gasteiger charge is -2.56. The highest BCUT2D eigenvalue weighted by atomic mass is 16.1. The van der Waals surface area contributed by atoms with Crippen LogP contribution in [-0.2, 0) is 4.79 Å². The Morgan fingerprint density at radius 3 is 2.63 bits per heavy atom. The second-order valence-corrected chi connectivity index (χ2v) is 9.69. The predicted molar refractivity (Wildman–Crippen MR) is 148 cm³/mol. The molecule has 0 bridgehead atoms. The summed E-state index contributed by atoms with van der Waals surface area (Å²) in [6.07, 6.45) is 1.58. The average molecular weight is 519 g/mol. The molecule has 3 aliphatic heterocycles. The molecule has 13 nitrogen and oxygen atoms in total. The highest BCUT2D eigenvalue weighted by Crippen LogP contribution is 2.37. The number of nitrogens with zero attached hydrogens (tertiary/aromatic N) is 7. The normalized spacial score (nSPS) is 19.3. The van der Waals surface area contributed by atoms with Crippen LogP contribution in [0.25, 0.3) is 22.3 Å². The maximum absolute atomic E-state index is 13.1. The number of allylic oxidation sites excluding steroid dienone is 1. The second kappa shape index (κ2) is 9.91. The van der Waals surface area contributed by atoms with Crippen LogP contribution in [0, 0.1) is 5.41 Å². The van der Waals surface area contributed by atoms with Crippen molar-refractivity contribution < 1.29 is 4.79 Å². The lowest BCUT2D eigenvalue weighted by molar-refractivity contribution is -0.113. The van der Waals surface area contributed by atoms with Gasteiger partial charge < -0.3 is 26.3 Å². The molecular weight excluding hydrogens is 484 g/mol. The van der Waals surface area contributed by atoms with Crippen molar-refractivity contribution in [3.63, 3.8) is 0 Å². The summed E-state index contributed by atoms with van der Waals surface area (Å²) in [4.78, 5) is 26.0. The van der Waals surface area contributed by atoms with Crippen LogP contribution in [0.3, 0.4) is 0 Å². The molecule has 1 aromatic carbocycles. The number of aromatic nitrogens is 4. The van der Waals surface area contributed by atoms with Crippen LogP contribution in [-0.4, -0.2) is 81.7 Å². The van der Waals surface area contributed by atoms with Gasteiger partial charge in [0.1, 0.15) is 17.8 Å². The summed E-state index contributed by atoms with van der Waals surface area (Å²) in [5.41, 5.74) is 4.56. The Bertz CT molecular complexity index is 1410. The number of anilines is 2. The maximum Gasteiger partial charge on any atom is 0.255 e. The van der Waals surface area contributed by atoms with Crippen molar-refractivity contribution in [2.45, 2.75) is 20.8 Å². The summed E-state index contributed by atoms with van der Waals surface area (Å²) >= 11 is 0. The molecule has 7 N–H and O–H groups in total. The fourth-order valence-electron chi connectivity index (χ4n) is 5.07. The van der Waals surface area contributed by atoms with Gasteiger partial charge in [-0.2, -0.15) is 5.10 Å². The number of carbonyl (C=O) groups is 1. The number of aromatic amines is 1. The molecule has 6 rings (SSSR count). The van der Waals surface area contributed by atoms with Gasteiger partial charge in [0, 0.05) is 61.5 Å². The Kier molecular flexibility index (Phi) is 6.63. The van der Waals surface area contributed by atoms with E-state index in [0.717, 1.165) is 54.3 Å². The highest BCUT2D eigenvalue weighted by molar-refractivity contribution is 6.07. The lowest BCUT2D eigenvalue weighted by Crippen LogP contribution is -2.71. The molecule has 3 aromatic rings. The van der Waals surface area contributed by atoms with Crippen molar-refractivity contribution in [3.05, 3.63) is 41.9 Å². The van der Waals surface area contributed by atoms with Crippen molar-refractivity contribution in [2.75, 3.05) is 50.0 Å². The van der Waals surface area contributed by atoms with E-state index in [0.29, 0.717) is 28.3 Å². The first-order valence-electron chi connectivity index (χ1n) is 12.7. The third-order valence-electron chi connectivity index (χ3n) is 7.31. The van der Waals surface area contributed by atoms with Gasteiger partial charge in [-0.15, -0.1) is 5.10 Å². The Morgan fingerprint density at radius 1 is 1.18 bits per heavy atom. The van der Waals surface area contributed by atoms with Gasteiger partial charge in [-0.05, 0) is 25.1 Å². The maximum atomic E-state index is 13.1. The van der Waals surface area contributed by atoms with E-state index in [1.807, 2.05) is 45.0 Å². The lowest BCUT2D eigenvalue weighted by atomic mass is 9.74. The molecule has 0 aliphatic carbocycles. The van der Waals surface area contributed by atoms with Crippen LogP contribution in [0.2, 0.25) is 0 Å². The molecule has 0 atom stereocenters. The molecule has 0 radical (unpaired) electrons. The van der Waals surface area contributed by atoms with E-state index in [-0.39, 0.29) is 12.5 Å². The Morgan fingerprint density at radius 2 is 1.95 bits per heavy atom. The van der Waals surface area contributed by atoms with Crippen LogP contribution >= 0.6 is 0 Å². The summed E-state index contributed by atoms with van der Waals surface area (Å²) in [5, 5.41) is 19.8. The quantitative estimate of drug-likeness (QED) is 0.248. The minimum Gasteiger partial charge on any atom is -0.355 e. The van der Waals surface area contributed by atoms with Gasteiger partial charge in [0.2, 0.25) is 5.96 Å². The zero-order valence-electron chi connectivity index (χ0n) is 22.1. The van der Waals surface area contributed by atoms with E-state index in [1.165, 1.54) is 5.01 Å². The number of amides is 1. The fraction of sp³-hybridized carbons (Fsp3) is 0.400. The van der Waals surface area contributed by atoms with Gasteiger partial charge in [0.25, 0.3) is 5.91 Å².